The number of likely N-dealkylation sites (N-methyl/N-ethyl adjacent to an activating group) is 1. The van der Waals surface area contributed by atoms with Gasteiger partial charge in [-0.3, -0.25) is 4.79 Å². The van der Waals surface area contributed by atoms with Gasteiger partial charge >= 0.3 is 0 Å². The van der Waals surface area contributed by atoms with Gasteiger partial charge < -0.3 is 15.5 Å². The van der Waals surface area contributed by atoms with E-state index in [9.17, 15) is 9.18 Å². The lowest BCUT2D eigenvalue weighted by Gasteiger charge is -2.28. The van der Waals surface area contributed by atoms with Gasteiger partial charge in [-0.1, -0.05) is 19.9 Å². The summed E-state index contributed by atoms with van der Waals surface area (Å²) >= 11 is 0. The number of amides is 1. The van der Waals surface area contributed by atoms with E-state index >= 15 is 0 Å². The van der Waals surface area contributed by atoms with Crippen molar-refractivity contribution in [2.75, 3.05) is 18.5 Å². The quantitative estimate of drug-likeness (QED) is 0.873. The first kappa shape index (κ1) is 15.8. The van der Waals surface area contributed by atoms with Crippen molar-refractivity contribution in [2.24, 2.45) is 0 Å². The molecule has 4 nitrogen and oxygen atoms in total. The van der Waals surface area contributed by atoms with E-state index in [1.165, 1.54) is 6.07 Å². The maximum absolute atomic E-state index is 14.2. The van der Waals surface area contributed by atoms with Crippen molar-refractivity contribution in [3.8, 4) is 0 Å². The zero-order valence-corrected chi connectivity index (χ0v) is 12.9. The zero-order valence-electron chi connectivity index (χ0n) is 12.9. The topological polar surface area (TPSA) is 44.4 Å². The lowest BCUT2D eigenvalue weighted by atomic mass is 10.1. The highest BCUT2D eigenvalue weighted by Gasteiger charge is 2.31. The Balaban J connectivity index is 2.29. The molecule has 0 spiro atoms. The first-order chi connectivity index (χ1) is 10.0. The van der Waals surface area contributed by atoms with Crippen LogP contribution in [0, 0.1) is 5.82 Å². The smallest absolute Gasteiger partial charge is 0.242 e. The summed E-state index contributed by atoms with van der Waals surface area (Å²) < 4.78 is 14.2. The average Bonchev–Trinajstić information content (AvgIpc) is 2.94. The van der Waals surface area contributed by atoms with Crippen molar-refractivity contribution in [1.29, 1.82) is 0 Å². The SMILES string of the molecule is CNC(=O)C1CCCN1c1cccc(F)c1CNC(C)C. The minimum Gasteiger partial charge on any atom is -0.359 e. The summed E-state index contributed by atoms with van der Waals surface area (Å²) in [4.78, 5) is 14.0. The van der Waals surface area contributed by atoms with Gasteiger partial charge in [0.15, 0.2) is 0 Å². The zero-order chi connectivity index (χ0) is 15.4. The number of hydrogen-bond acceptors (Lipinski definition) is 3. The third kappa shape index (κ3) is 3.53. The standard InChI is InChI=1S/C16H24FN3O/c1-11(2)19-10-12-13(17)6-4-7-14(12)20-9-5-8-15(20)16(21)18-3/h4,6-7,11,15,19H,5,8-10H2,1-3H3,(H,18,21). The first-order valence-electron chi connectivity index (χ1n) is 7.53. The van der Waals surface area contributed by atoms with Crippen LogP contribution in [-0.2, 0) is 11.3 Å². The second-order valence-corrected chi connectivity index (χ2v) is 5.74. The van der Waals surface area contributed by atoms with Crippen LogP contribution in [0.3, 0.4) is 0 Å². The molecule has 1 fully saturated rings. The molecule has 1 aliphatic heterocycles. The molecule has 1 aromatic carbocycles. The van der Waals surface area contributed by atoms with Gasteiger partial charge in [0.25, 0.3) is 0 Å². The molecule has 1 saturated heterocycles. The monoisotopic (exact) mass is 293 g/mol. The van der Waals surface area contributed by atoms with Gasteiger partial charge in [-0.2, -0.15) is 0 Å². The lowest BCUT2D eigenvalue weighted by molar-refractivity contribution is -0.121. The summed E-state index contributed by atoms with van der Waals surface area (Å²) in [5.41, 5.74) is 1.47. The van der Waals surface area contributed by atoms with Gasteiger partial charge in [-0.05, 0) is 25.0 Å². The van der Waals surface area contributed by atoms with E-state index in [-0.39, 0.29) is 23.8 Å². The van der Waals surface area contributed by atoms with Crippen molar-refractivity contribution in [2.45, 2.75) is 45.3 Å². The molecular formula is C16H24FN3O. The van der Waals surface area contributed by atoms with E-state index in [2.05, 4.69) is 10.6 Å². The molecule has 1 unspecified atom stereocenters. The minimum absolute atomic E-state index is 0.000435. The number of carbonyl (C=O) groups is 1. The number of carbonyl (C=O) groups excluding carboxylic acids is 1. The maximum Gasteiger partial charge on any atom is 0.242 e. The number of hydrogen-bond donors (Lipinski definition) is 2. The van der Waals surface area contributed by atoms with Gasteiger partial charge in [0.2, 0.25) is 5.91 Å². The molecule has 1 heterocycles. The summed E-state index contributed by atoms with van der Waals surface area (Å²) in [6.07, 6.45) is 1.76. The lowest BCUT2D eigenvalue weighted by Crippen LogP contribution is -2.42. The Morgan fingerprint density at radius 1 is 1.48 bits per heavy atom. The van der Waals surface area contributed by atoms with Crippen molar-refractivity contribution in [1.82, 2.24) is 10.6 Å². The van der Waals surface area contributed by atoms with E-state index in [1.54, 1.807) is 13.1 Å². The highest BCUT2D eigenvalue weighted by atomic mass is 19.1. The molecule has 0 saturated carbocycles. The molecule has 0 aliphatic carbocycles. The third-order valence-corrected chi connectivity index (χ3v) is 3.89. The van der Waals surface area contributed by atoms with Crippen LogP contribution in [0.5, 0.6) is 0 Å². The Labute approximate surface area is 125 Å². The second-order valence-electron chi connectivity index (χ2n) is 5.74. The predicted molar refractivity (Wildman–Crippen MR) is 82.8 cm³/mol. The normalized spacial score (nSPS) is 18.3. The van der Waals surface area contributed by atoms with Gasteiger partial charge in [0.1, 0.15) is 11.9 Å². The Morgan fingerprint density at radius 2 is 2.24 bits per heavy atom. The number of rotatable bonds is 5. The number of halogens is 1. The summed E-state index contributed by atoms with van der Waals surface area (Å²) in [5.74, 6) is -0.220. The highest BCUT2D eigenvalue weighted by molar-refractivity contribution is 5.86. The molecule has 21 heavy (non-hydrogen) atoms. The van der Waals surface area contributed by atoms with Crippen LogP contribution >= 0.6 is 0 Å². The van der Waals surface area contributed by atoms with Gasteiger partial charge in [-0.25, -0.2) is 4.39 Å². The molecule has 1 aliphatic rings. The number of nitrogens with one attached hydrogen (secondary N) is 2. The molecule has 116 valence electrons. The molecule has 5 heteroatoms. The summed E-state index contributed by atoms with van der Waals surface area (Å²) in [6.45, 7) is 5.32. The van der Waals surface area contributed by atoms with Crippen LogP contribution in [0.25, 0.3) is 0 Å². The highest BCUT2D eigenvalue weighted by Crippen LogP contribution is 2.30. The van der Waals surface area contributed by atoms with E-state index in [4.69, 9.17) is 0 Å². The Hall–Kier alpha value is -1.62. The number of benzene rings is 1. The van der Waals surface area contributed by atoms with E-state index in [0.717, 1.165) is 25.1 Å². The van der Waals surface area contributed by atoms with Gasteiger partial charge in [0, 0.05) is 37.4 Å². The fraction of sp³-hybridized carbons (Fsp3) is 0.562. The van der Waals surface area contributed by atoms with E-state index in [0.29, 0.717) is 12.1 Å². The van der Waals surface area contributed by atoms with Crippen molar-refractivity contribution in [3.63, 3.8) is 0 Å². The summed E-state index contributed by atoms with van der Waals surface area (Å²) in [6, 6.07) is 5.18. The molecule has 0 aromatic heterocycles. The molecule has 0 bridgehead atoms. The van der Waals surface area contributed by atoms with Crippen LogP contribution in [0.4, 0.5) is 10.1 Å². The van der Waals surface area contributed by atoms with Gasteiger partial charge in [-0.15, -0.1) is 0 Å². The van der Waals surface area contributed by atoms with Gasteiger partial charge in [0.05, 0.1) is 0 Å². The summed E-state index contributed by atoms with van der Waals surface area (Å²) in [7, 11) is 1.64. The Kier molecular flexibility index (Phi) is 5.17. The summed E-state index contributed by atoms with van der Waals surface area (Å²) in [5, 5.41) is 5.96. The Morgan fingerprint density at radius 3 is 2.90 bits per heavy atom. The number of anilines is 1. The van der Waals surface area contributed by atoms with Crippen LogP contribution in [0.15, 0.2) is 18.2 Å². The molecular weight excluding hydrogens is 269 g/mol. The largest absolute Gasteiger partial charge is 0.359 e. The maximum atomic E-state index is 14.2. The van der Waals surface area contributed by atoms with Crippen molar-refractivity contribution >= 4 is 11.6 Å². The molecule has 2 rings (SSSR count). The minimum atomic E-state index is -0.219. The molecule has 0 radical (unpaired) electrons. The molecule has 1 atom stereocenters. The molecule has 2 N–H and O–H groups in total. The predicted octanol–water partition coefficient (Wildman–Crippen LogP) is 2.04. The second kappa shape index (κ2) is 6.89. The fourth-order valence-electron chi connectivity index (χ4n) is 2.79. The first-order valence-corrected chi connectivity index (χ1v) is 7.53. The fourth-order valence-corrected chi connectivity index (χ4v) is 2.79. The number of nitrogens with zero attached hydrogens (tertiary/aromatic N) is 1. The average molecular weight is 293 g/mol. The molecule has 1 aromatic rings. The van der Waals surface area contributed by atoms with E-state index in [1.807, 2.05) is 24.8 Å². The Bertz CT molecular complexity index is 504. The van der Waals surface area contributed by atoms with Crippen LogP contribution in [0.1, 0.15) is 32.3 Å². The van der Waals surface area contributed by atoms with Crippen LogP contribution < -0.4 is 15.5 Å². The molecule has 1 amide bonds. The van der Waals surface area contributed by atoms with E-state index < -0.39 is 0 Å². The van der Waals surface area contributed by atoms with Crippen molar-refractivity contribution < 1.29 is 9.18 Å². The van der Waals surface area contributed by atoms with Crippen LogP contribution in [-0.4, -0.2) is 31.6 Å². The third-order valence-electron chi connectivity index (χ3n) is 3.89. The van der Waals surface area contributed by atoms with Crippen molar-refractivity contribution in [3.05, 3.63) is 29.6 Å². The van der Waals surface area contributed by atoms with Crippen LogP contribution in [0.2, 0.25) is 0 Å².